The maximum Gasteiger partial charge on any atom is 0.333 e. The summed E-state index contributed by atoms with van der Waals surface area (Å²) in [5.41, 5.74) is 0.593. The van der Waals surface area contributed by atoms with Crippen LogP contribution < -0.4 is 21.9 Å². The third-order valence-electron chi connectivity index (χ3n) is 7.51. The van der Waals surface area contributed by atoms with Gasteiger partial charge in [0.25, 0.3) is 5.56 Å². The molecule has 3 aromatic rings. The van der Waals surface area contributed by atoms with Crippen molar-refractivity contribution in [1.29, 1.82) is 5.26 Å². The van der Waals surface area contributed by atoms with Gasteiger partial charge in [0, 0.05) is 44.4 Å². The molecule has 0 aromatic carbocycles. The minimum absolute atomic E-state index is 0.0456. The number of nitrogens with one attached hydrogen (secondary N) is 2. The van der Waals surface area contributed by atoms with E-state index in [2.05, 4.69) is 42.1 Å². The Morgan fingerprint density at radius 1 is 1.32 bits per heavy atom. The van der Waals surface area contributed by atoms with Crippen molar-refractivity contribution < 1.29 is 0 Å². The highest BCUT2D eigenvalue weighted by Crippen LogP contribution is 2.45. The van der Waals surface area contributed by atoms with Crippen LogP contribution in [0.3, 0.4) is 0 Å². The van der Waals surface area contributed by atoms with Gasteiger partial charge in [-0.15, -0.1) is 0 Å². The summed E-state index contributed by atoms with van der Waals surface area (Å²) in [6, 6.07) is 3.16. The summed E-state index contributed by atoms with van der Waals surface area (Å²) in [7, 11) is 1.52. The van der Waals surface area contributed by atoms with Gasteiger partial charge in [-0.1, -0.05) is 6.58 Å². The fourth-order valence-corrected chi connectivity index (χ4v) is 5.15. The Morgan fingerprint density at radius 2 is 2.11 bits per heavy atom. The lowest BCUT2D eigenvalue weighted by Crippen LogP contribution is -2.43. The quantitative estimate of drug-likeness (QED) is 0.464. The fraction of sp³-hybridized carbons (Fsp3) is 0.400. The number of aromatic nitrogens is 6. The SMILES string of the molecule is C=C(Nc1ccnc(C2=CNC(N3CC4CC4C3)N=C2)n1)[C@H](C)n1cnc2c1c(=O)n(CC#N)c(=O)n2C. The second-order valence-electron chi connectivity index (χ2n) is 9.93. The van der Waals surface area contributed by atoms with Crippen LogP contribution in [-0.2, 0) is 13.6 Å². The minimum atomic E-state index is -0.592. The summed E-state index contributed by atoms with van der Waals surface area (Å²) in [5.74, 6) is 2.72. The molecule has 5 heterocycles. The maximum atomic E-state index is 13.0. The van der Waals surface area contributed by atoms with E-state index in [0.29, 0.717) is 17.3 Å². The van der Waals surface area contributed by atoms with Gasteiger partial charge in [0.05, 0.1) is 24.0 Å². The van der Waals surface area contributed by atoms with Crippen molar-refractivity contribution in [2.45, 2.75) is 32.2 Å². The van der Waals surface area contributed by atoms with E-state index in [0.717, 1.165) is 35.1 Å². The summed E-state index contributed by atoms with van der Waals surface area (Å²) >= 11 is 0. The number of anilines is 1. The second-order valence-corrected chi connectivity index (χ2v) is 9.93. The molecule has 2 fully saturated rings. The minimum Gasteiger partial charge on any atom is -0.357 e. The average Bonchev–Trinajstić information content (AvgIpc) is 3.32. The van der Waals surface area contributed by atoms with Crippen LogP contribution in [0.15, 0.2) is 51.6 Å². The third kappa shape index (κ3) is 3.99. The number of piperidine rings is 1. The highest BCUT2D eigenvalue weighted by Gasteiger charge is 2.46. The maximum absolute atomic E-state index is 13.0. The molecule has 6 rings (SSSR count). The average molecular weight is 514 g/mol. The van der Waals surface area contributed by atoms with E-state index in [-0.39, 0.29) is 24.0 Å². The van der Waals surface area contributed by atoms with Gasteiger partial charge in [0.15, 0.2) is 23.3 Å². The predicted octanol–water partition coefficient (Wildman–Crippen LogP) is 0.647. The molecule has 1 saturated carbocycles. The van der Waals surface area contributed by atoms with E-state index in [1.54, 1.807) is 23.0 Å². The number of fused-ring (bicyclic) bond motifs is 2. The molecule has 3 aliphatic rings. The van der Waals surface area contributed by atoms with Crippen molar-refractivity contribution in [3.63, 3.8) is 0 Å². The van der Waals surface area contributed by atoms with Gasteiger partial charge in [-0.2, -0.15) is 5.26 Å². The molecule has 13 nitrogen and oxygen atoms in total. The predicted molar refractivity (Wildman–Crippen MR) is 141 cm³/mol. The van der Waals surface area contributed by atoms with E-state index in [1.807, 2.05) is 19.2 Å². The zero-order valence-electron chi connectivity index (χ0n) is 21.1. The second kappa shape index (κ2) is 9.07. The van der Waals surface area contributed by atoms with Crippen molar-refractivity contribution in [3.05, 3.63) is 63.7 Å². The summed E-state index contributed by atoms with van der Waals surface area (Å²) in [4.78, 5) is 45.8. The van der Waals surface area contributed by atoms with Crippen molar-refractivity contribution >= 4 is 28.8 Å². The highest BCUT2D eigenvalue weighted by atomic mass is 16.2. The zero-order chi connectivity index (χ0) is 26.6. The number of rotatable bonds is 7. The molecular formula is C25H27N11O2. The van der Waals surface area contributed by atoms with Gasteiger partial charge in [-0.05, 0) is 31.2 Å². The standard InChI is InChI=1S/C25H27N11O2/c1-14(15(2)36-13-30-22-20(36)23(37)35(7-5-26)25(38)33(22)3)31-19-4-6-27-21(32-19)18-9-28-24(29-10-18)34-11-16-8-17(16)12-34/h4,6,9-10,13,15-17,24,28H,1,7-8,11-12H2,2-3H3,(H,27,31,32)/t15-,16?,17?,24?/m0/s1. The first kappa shape index (κ1) is 23.8. The van der Waals surface area contributed by atoms with E-state index in [4.69, 9.17) is 5.26 Å². The largest absolute Gasteiger partial charge is 0.357 e. The summed E-state index contributed by atoms with van der Waals surface area (Å²) < 4.78 is 3.78. The van der Waals surface area contributed by atoms with E-state index >= 15 is 0 Å². The molecule has 0 spiro atoms. The molecule has 2 N–H and O–H groups in total. The van der Waals surface area contributed by atoms with Gasteiger partial charge in [0.1, 0.15) is 12.4 Å². The number of likely N-dealkylation sites (tertiary alicyclic amines) is 1. The molecule has 194 valence electrons. The third-order valence-corrected chi connectivity index (χ3v) is 7.51. The normalized spacial score (nSPS) is 22.9. The lowest BCUT2D eigenvalue weighted by atomic mass is 10.2. The van der Waals surface area contributed by atoms with E-state index in [1.165, 1.54) is 24.4 Å². The number of allylic oxidation sites excluding steroid dienone is 2. The monoisotopic (exact) mass is 513 g/mol. The van der Waals surface area contributed by atoms with Crippen molar-refractivity contribution in [1.82, 2.24) is 38.9 Å². The molecule has 0 amide bonds. The lowest BCUT2D eigenvalue weighted by Gasteiger charge is -2.28. The van der Waals surface area contributed by atoms with Crippen LogP contribution in [0.5, 0.6) is 0 Å². The van der Waals surface area contributed by atoms with Gasteiger partial charge in [-0.3, -0.25) is 19.3 Å². The first-order valence-electron chi connectivity index (χ1n) is 12.4. The van der Waals surface area contributed by atoms with Gasteiger partial charge in [0.2, 0.25) is 0 Å². The molecule has 2 aliphatic heterocycles. The van der Waals surface area contributed by atoms with Crippen LogP contribution in [0.2, 0.25) is 0 Å². The van der Waals surface area contributed by atoms with Crippen molar-refractivity contribution in [2.24, 2.45) is 23.9 Å². The number of imidazole rings is 1. The zero-order valence-corrected chi connectivity index (χ0v) is 21.1. The molecule has 3 unspecified atom stereocenters. The van der Waals surface area contributed by atoms with Crippen LogP contribution in [0.1, 0.15) is 25.2 Å². The lowest BCUT2D eigenvalue weighted by molar-refractivity contribution is 0.206. The summed E-state index contributed by atoms with van der Waals surface area (Å²) in [5, 5.41) is 15.6. The Morgan fingerprint density at radius 3 is 2.82 bits per heavy atom. The molecule has 4 atom stereocenters. The van der Waals surface area contributed by atoms with Crippen LogP contribution in [-0.4, -0.2) is 59.1 Å². The molecule has 1 saturated heterocycles. The number of aliphatic imine (C=N–C) groups is 1. The van der Waals surface area contributed by atoms with Crippen LogP contribution >= 0.6 is 0 Å². The van der Waals surface area contributed by atoms with Gasteiger partial charge < -0.3 is 15.2 Å². The van der Waals surface area contributed by atoms with E-state index < -0.39 is 17.3 Å². The number of nitriles is 1. The Labute approximate surface area is 217 Å². The molecule has 3 aromatic heterocycles. The van der Waals surface area contributed by atoms with E-state index in [9.17, 15) is 9.59 Å². The number of hydrogen-bond acceptors (Lipinski definition) is 10. The number of aryl methyl sites for hydroxylation is 1. The number of hydrogen-bond donors (Lipinski definition) is 2. The van der Waals surface area contributed by atoms with Crippen LogP contribution in [0.4, 0.5) is 5.82 Å². The fourth-order valence-electron chi connectivity index (χ4n) is 5.15. The topological polar surface area (TPSA) is 151 Å². The smallest absolute Gasteiger partial charge is 0.333 e. The molecule has 38 heavy (non-hydrogen) atoms. The highest BCUT2D eigenvalue weighted by molar-refractivity contribution is 6.08. The molecule has 0 bridgehead atoms. The Kier molecular flexibility index (Phi) is 5.68. The Balaban J connectivity index is 1.19. The van der Waals surface area contributed by atoms with Crippen LogP contribution in [0, 0.1) is 23.2 Å². The molecular weight excluding hydrogens is 486 g/mol. The molecule has 13 heteroatoms. The van der Waals surface area contributed by atoms with Crippen molar-refractivity contribution in [3.8, 4) is 6.07 Å². The Hall–Kier alpha value is -4.57. The molecule has 1 aliphatic carbocycles. The molecule has 0 radical (unpaired) electrons. The first-order chi connectivity index (χ1) is 18.4. The summed E-state index contributed by atoms with van der Waals surface area (Å²) in [6.45, 7) is 7.82. The van der Waals surface area contributed by atoms with Crippen LogP contribution in [0.25, 0.3) is 16.7 Å². The summed E-state index contributed by atoms with van der Waals surface area (Å²) in [6.07, 6.45) is 8.14. The van der Waals surface area contributed by atoms with Crippen molar-refractivity contribution in [2.75, 3.05) is 18.4 Å². The van der Waals surface area contributed by atoms with Gasteiger partial charge in [-0.25, -0.2) is 24.3 Å². The Bertz CT molecular complexity index is 1660. The van der Waals surface area contributed by atoms with Gasteiger partial charge >= 0.3 is 5.69 Å². The first-order valence-corrected chi connectivity index (χ1v) is 12.4. The number of nitrogens with zero attached hydrogens (tertiary/aromatic N) is 9.